The summed E-state index contributed by atoms with van der Waals surface area (Å²) in [5.74, 6) is 0.558. The third kappa shape index (κ3) is 4.01. The van der Waals surface area contributed by atoms with Gasteiger partial charge in [-0.05, 0) is 74.5 Å². The lowest BCUT2D eigenvalue weighted by molar-refractivity contribution is -0.117. The van der Waals surface area contributed by atoms with Crippen molar-refractivity contribution >= 4 is 11.6 Å². The van der Waals surface area contributed by atoms with Crippen LogP contribution in [-0.4, -0.2) is 23.7 Å². The summed E-state index contributed by atoms with van der Waals surface area (Å²) in [6.07, 6.45) is 15.6. The minimum absolute atomic E-state index is 0.130. The third-order valence-electron chi connectivity index (χ3n) is 8.78. The van der Waals surface area contributed by atoms with E-state index >= 15 is 0 Å². The Bertz CT molecular complexity index is 681. The van der Waals surface area contributed by atoms with E-state index in [1.54, 1.807) is 0 Å². The number of fused-ring (bicyclic) bond motifs is 2. The van der Waals surface area contributed by atoms with Gasteiger partial charge in [0.25, 0.3) is 5.91 Å². The van der Waals surface area contributed by atoms with Crippen molar-refractivity contribution in [1.29, 1.82) is 5.41 Å². The van der Waals surface area contributed by atoms with Crippen LogP contribution in [0.25, 0.3) is 0 Å². The lowest BCUT2D eigenvalue weighted by Crippen LogP contribution is -2.54. The van der Waals surface area contributed by atoms with Crippen LogP contribution in [0.1, 0.15) is 104 Å². The summed E-state index contributed by atoms with van der Waals surface area (Å²) in [5.41, 5.74) is 2.74. The molecule has 0 aromatic carbocycles. The van der Waals surface area contributed by atoms with Gasteiger partial charge in [-0.25, -0.2) is 0 Å². The van der Waals surface area contributed by atoms with E-state index in [4.69, 9.17) is 5.41 Å². The van der Waals surface area contributed by atoms with Gasteiger partial charge in [0.15, 0.2) is 0 Å². The van der Waals surface area contributed by atoms with Crippen LogP contribution in [0.3, 0.4) is 0 Å². The molecular formula is C25H41N3O. The normalized spacial score (nSPS) is 34.7. The van der Waals surface area contributed by atoms with Crippen molar-refractivity contribution in [2.24, 2.45) is 16.7 Å². The SMILES string of the molecule is CC12CC[C@H](C1)C(C)(C)C2NC(=O)C(=N)C1=C(NC2CCCCCC2)CCCC1. The first-order chi connectivity index (χ1) is 13.8. The van der Waals surface area contributed by atoms with Gasteiger partial charge in [-0.15, -0.1) is 0 Å². The largest absolute Gasteiger partial charge is 0.385 e. The molecule has 2 bridgehead atoms. The summed E-state index contributed by atoms with van der Waals surface area (Å²) < 4.78 is 0. The van der Waals surface area contributed by atoms with Gasteiger partial charge in [0.2, 0.25) is 0 Å². The second-order valence-corrected chi connectivity index (χ2v) is 11.2. The maximum atomic E-state index is 13.2. The Balaban J connectivity index is 1.47. The molecule has 0 radical (unpaired) electrons. The summed E-state index contributed by atoms with van der Waals surface area (Å²) in [6.45, 7) is 6.97. The molecule has 0 spiro atoms. The van der Waals surface area contributed by atoms with E-state index in [1.165, 1.54) is 69.9 Å². The number of nitrogens with one attached hydrogen (secondary N) is 3. The van der Waals surface area contributed by atoms with Crippen LogP contribution < -0.4 is 10.6 Å². The van der Waals surface area contributed by atoms with E-state index in [0.29, 0.717) is 12.0 Å². The number of hydrogen-bond acceptors (Lipinski definition) is 3. The number of carbonyl (C=O) groups excluding carboxylic acids is 1. The van der Waals surface area contributed by atoms with Crippen LogP contribution in [-0.2, 0) is 4.79 Å². The van der Waals surface area contributed by atoms with Crippen molar-refractivity contribution in [3.63, 3.8) is 0 Å². The van der Waals surface area contributed by atoms with Crippen LogP contribution >= 0.6 is 0 Å². The first kappa shape index (κ1) is 20.9. The van der Waals surface area contributed by atoms with Crippen molar-refractivity contribution in [2.75, 3.05) is 0 Å². The fourth-order valence-electron chi connectivity index (χ4n) is 7.01. The summed E-state index contributed by atoms with van der Waals surface area (Å²) in [6, 6.07) is 0.712. The number of carbonyl (C=O) groups is 1. The highest BCUT2D eigenvalue weighted by molar-refractivity contribution is 6.44. The van der Waals surface area contributed by atoms with Crippen LogP contribution in [0.4, 0.5) is 0 Å². The zero-order valence-electron chi connectivity index (χ0n) is 18.8. The monoisotopic (exact) mass is 399 g/mol. The molecule has 0 heterocycles. The topological polar surface area (TPSA) is 65.0 Å². The number of rotatable bonds is 5. The quantitative estimate of drug-likeness (QED) is 0.423. The summed E-state index contributed by atoms with van der Waals surface area (Å²) in [7, 11) is 0. The van der Waals surface area contributed by atoms with Gasteiger partial charge in [-0.3, -0.25) is 10.2 Å². The Hall–Kier alpha value is -1.32. The van der Waals surface area contributed by atoms with E-state index in [2.05, 4.69) is 31.4 Å². The van der Waals surface area contributed by atoms with E-state index in [9.17, 15) is 4.79 Å². The zero-order chi connectivity index (χ0) is 20.6. The second kappa shape index (κ2) is 8.07. The van der Waals surface area contributed by atoms with Crippen molar-refractivity contribution < 1.29 is 4.79 Å². The molecule has 4 heteroatoms. The maximum absolute atomic E-state index is 13.2. The highest BCUT2D eigenvalue weighted by atomic mass is 16.2. The molecule has 29 heavy (non-hydrogen) atoms. The molecule has 3 fully saturated rings. The van der Waals surface area contributed by atoms with Crippen LogP contribution in [0.2, 0.25) is 0 Å². The lowest BCUT2D eigenvalue weighted by Gasteiger charge is -2.43. The minimum atomic E-state index is -0.145. The molecule has 4 aliphatic carbocycles. The molecule has 4 aliphatic rings. The molecule has 0 aliphatic heterocycles. The van der Waals surface area contributed by atoms with Crippen LogP contribution in [0.15, 0.2) is 11.3 Å². The zero-order valence-corrected chi connectivity index (χ0v) is 18.8. The molecule has 162 valence electrons. The van der Waals surface area contributed by atoms with Gasteiger partial charge < -0.3 is 10.6 Å². The average molecular weight is 400 g/mol. The van der Waals surface area contributed by atoms with E-state index < -0.39 is 0 Å². The molecule has 4 nitrogen and oxygen atoms in total. The van der Waals surface area contributed by atoms with Gasteiger partial charge in [-0.2, -0.15) is 0 Å². The lowest BCUT2D eigenvalue weighted by atomic mass is 9.68. The highest BCUT2D eigenvalue weighted by Crippen LogP contribution is 2.62. The number of hydrogen-bond donors (Lipinski definition) is 3. The van der Waals surface area contributed by atoms with Crippen LogP contribution in [0.5, 0.6) is 0 Å². The first-order valence-corrected chi connectivity index (χ1v) is 12.2. The molecule has 3 saturated carbocycles. The molecule has 0 saturated heterocycles. The first-order valence-electron chi connectivity index (χ1n) is 12.2. The van der Waals surface area contributed by atoms with Gasteiger partial charge in [-0.1, -0.05) is 46.5 Å². The average Bonchev–Trinajstić information content (AvgIpc) is 3.03. The predicted octanol–water partition coefficient (Wildman–Crippen LogP) is 5.48. The standard InChI is InChI=1S/C25H41N3O/c1-24(2)17-14-15-25(3,16-17)23(24)28-22(29)21(26)19-12-8-9-13-20(19)27-18-10-6-4-5-7-11-18/h17-18,23,26-27H,4-16H2,1-3H3,(H,28,29)/t17-,23?,25?/m1/s1. The molecule has 4 rings (SSSR count). The van der Waals surface area contributed by atoms with Crippen LogP contribution in [0, 0.1) is 22.2 Å². The van der Waals surface area contributed by atoms with Gasteiger partial charge in [0, 0.05) is 23.4 Å². The van der Waals surface area contributed by atoms with E-state index in [0.717, 1.165) is 24.8 Å². The molecule has 2 unspecified atom stereocenters. The van der Waals surface area contributed by atoms with E-state index in [-0.39, 0.29) is 28.5 Å². The van der Waals surface area contributed by atoms with Crippen molar-refractivity contribution in [1.82, 2.24) is 10.6 Å². The number of amides is 1. The smallest absolute Gasteiger partial charge is 0.269 e. The fraction of sp³-hybridized carbons (Fsp3) is 0.840. The van der Waals surface area contributed by atoms with Crippen molar-refractivity contribution in [2.45, 2.75) is 116 Å². The Kier molecular flexibility index (Phi) is 5.83. The minimum Gasteiger partial charge on any atom is -0.385 e. The van der Waals surface area contributed by atoms with E-state index in [1.807, 2.05) is 0 Å². The summed E-state index contributed by atoms with van der Waals surface area (Å²) >= 11 is 0. The molecular weight excluding hydrogens is 358 g/mol. The predicted molar refractivity (Wildman–Crippen MR) is 119 cm³/mol. The Morgan fingerprint density at radius 2 is 1.66 bits per heavy atom. The van der Waals surface area contributed by atoms with Crippen molar-refractivity contribution in [3.05, 3.63) is 11.3 Å². The molecule has 3 N–H and O–H groups in total. The number of allylic oxidation sites excluding steroid dienone is 1. The third-order valence-corrected chi connectivity index (χ3v) is 8.78. The summed E-state index contributed by atoms with van der Waals surface area (Å²) in [5, 5.41) is 15.9. The Morgan fingerprint density at radius 3 is 2.31 bits per heavy atom. The maximum Gasteiger partial charge on any atom is 0.269 e. The molecule has 0 aromatic heterocycles. The molecule has 0 aromatic rings. The van der Waals surface area contributed by atoms with Gasteiger partial charge in [0.05, 0.1) is 0 Å². The Morgan fingerprint density at radius 1 is 0.966 bits per heavy atom. The second-order valence-electron chi connectivity index (χ2n) is 11.2. The fourth-order valence-corrected chi connectivity index (χ4v) is 7.01. The molecule has 1 amide bonds. The Labute approximate surface area is 177 Å². The van der Waals surface area contributed by atoms with Gasteiger partial charge >= 0.3 is 0 Å². The summed E-state index contributed by atoms with van der Waals surface area (Å²) in [4.78, 5) is 13.2. The van der Waals surface area contributed by atoms with Crippen molar-refractivity contribution in [3.8, 4) is 0 Å². The van der Waals surface area contributed by atoms with Gasteiger partial charge in [0.1, 0.15) is 5.71 Å². The molecule has 3 atom stereocenters. The highest BCUT2D eigenvalue weighted by Gasteiger charge is 2.59.